The smallest absolute Gasteiger partial charge is 0.240 e. The summed E-state index contributed by atoms with van der Waals surface area (Å²) >= 11 is 0. The van der Waals surface area contributed by atoms with Crippen LogP contribution in [0.4, 0.5) is 10.1 Å². The Morgan fingerprint density at radius 3 is 2.39 bits per heavy atom. The molecular formula is C13H22FN3O4S2. The van der Waals surface area contributed by atoms with Gasteiger partial charge in [-0.25, -0.2) is 25.9 Å². The Morgan fingerprint density at radius 2 is 1.83 bits per heavy atom. The van der Waals surface area contributed by atoms with E-state index in [2.05, 4.69) is 14.8 Å². The molecule has 0 spiro atoms. The molecule has 0 amide bonds. The van der Waals surface area contributed by atoms with Gasteiger partial charge in [0.05, 0.1) is 16.3 Å². The zero-order valence-corrected chi connectivity index (χ0v) is 14.7. The molecule has 0 aliphatic heterocycles. The third kappa shape index (κ3) is 6.42. The van der Waals surface area contributed by atoms with Gasteiger partial charge in [0.25, 0.3) is 0 Å². The van der Waals surface area contributed by atoms with E-state index in [1.165, 1.54) is 0 Å². The van der Waals surface area contributed by atoms with E-state index >= 15 is 0 Å². The average Bonchev–Trinajstić information content (AvgIpc) is 2.45. The Bertz CT molecular complexity index is 721. The van der Waals surface area contributed by atoms with Crippen LogP contribution < -0.4 is 14.8 Å². The van der Waals surface area contributed by atoms with E-state index in [1.54, 1.807) is 14.0 Å². The first-order valence-electron chi connectivity index (χ1n) is 7.16. The molecule has 1 aromatic rings. The molecule has 3 N–H and O–H groups in total. The summed E-state index contributed by atoms with van der Waals surface area (Å²) in [6.45, 7) is 2.55. The Kier molecular flexibility index (Phi) is 7.39. The lowest BCUT2D eigenvalue weighted by Crippen LogP contribution is -2.27. The molecule has 0 radical (unpaired) electrons. The van der Waals surface area contributed by atoms with Gasteiger partial charge in [0.15, 0.2) is 0 Å². The zero-order valence-electron chi connectivity index (χ0n) is 13.1. The molecular weight excluding hydrogens is 345 g/mol. The van der Waals surface area contributed by atoms with E-state index in [0.717, 1.165) is 18.2 Å². The van der Waals surface area contributed by atoms with E-state index in [4.69, 9.17) is 0 Å². The van der Waals surface area contributed by atoms with E-state index in [-0.39, 0.29) is 22.9 Å². The van der Waals surface area contributed by atoms with Crippen molar-refractivity contribution in [2.24, 2.45) is 0 Å². The van der Waals surface area contributed by atoms with Gasteiger partial charge in [-0.3, -0.25) is 4.72 Å². The maximum absolute atomic E-state index is 14.0. The highest BCUT2D eigenvalue weighted by Crippen LogP contribution is 2.20. The SMILES string of the molecule is CCCS(=O)(=O)Nc1ccc(S(=O)(=O)NCCCNC)cc1F. The van der Waals surface area contributed by atoms with Gasteiger partial charge >= 0.3 is 0 Å². The number of sulfonamides is 2. The maximum Gasteiger partial charge on any atom is 0.240 e. The lowest BCUT2D eigenvalue weighted by atomic mass is 10.3. The van der Waals surface area contributed by atoms with Crippen molar-refractivity contribution in [2.45, 2.75) is 24.7 Å². The first-order chi connectivity index (χ1) is 10.7. The van der Waals surface area contributed by atoms with E-state index < -0.39 is 25.9 Å². The van der Waals surface area contributed by atoms with Crippen LogP contribution in [0.15, 0.2) is 23.1 Å². The molecule has 0 heterocycles. The fourth-order valence-electron chi connectivity index (χ4n) is 1.79. The molecule has 0 aromatic heterocycles. The van der Waals surface area contributed by atoms with E-state index in [0.29, 0.717) is 19.4 Å². The van der Waals surface area contributed by atoms with Crippen LogP contribution in [0.25, 0.3) is 0 Å². The Morgan fingerprint density at radius 1 is 1.13 bits per heavy atom. The van der Waals surface area contributed by atoms with Crippen LogP contribution in [0.3, 0.4) is 0 Å². The largest absolute Gasteiger partial charge is 0.320 e. The minimum atomic E-state index is -3.83. The van der Waals surface area contributed by atoms with Crippen molar-refractivity contribution in [3.63, 3.8) is 0 Å². The molecule has 23 heavy (non-hydrogen) atoms. The van der Waals surface area contributed by atoms with Crippen LogP contribution in [-0.4, -0.2) is 42.7 Å². The van der Waals surface area contributed by atoms with Crippen molar-refractivity contribution in [3.05, 3.63) is 24.0 Å². The van der Waals surface area contributed by atoms with Crippen molar-refractivity contribution < 1.29 is 21.2 Å². The van der Waals surface area contributed by atoms with Gasteiger partial charge in [0.1, 0.15) is 5.82 Å². The zero-order chi connectivity index (χ0) is 17.5. The van der Waals surface area contributed by atoms with Gasteiger partial charge in [0.2, 0.25) is 20.0 Å². The number of nitrogens with one attached hydrogen (secondary N) is 3. The number of anilines is 1. The fraction of sp³-hybridized carbons (Fsp3) is 0.538. The van der Waals surface area contributed by atoms with Gasteiger partial charge in [-0.05, 0) is 44.6 Å². The second-order valence-corrected chi connectivity index (χ2v) is 8.53. The van der Waals surface area contributed by atoms with Crippen LogP contribution in [0.2, 0.25) is 0 Å². The number of rotatable bonds is 10. The molecule has 0 atom stereocenters. The molecule has 1 rings (SSSR count). The summed E-state index contributed by atoms with van der Waals surface area (Å²) in [5.41, 5.74) is -0.271. The van der Waals surface area contributed by atoms with Crippen molar-refractivity contribution in [3.8, 4) is 0 Å². The van der Waals surface area contributed by atoms with Crippen molar-refractivity contribution in [1.29, 1.82) is 0 Å². The number of benzene rings is 1. The molecule has 0 bridgehead atoms. The van der Waals surface area contributed by atoms with Crippen molar-refractivity contribution in [2.75, 3.05) is 30.6 Å². The lowest BCUT2D eigenvalue weighted by Gasteiger charge is -2.10. The van der Waals surface area contributed by atoms with Crippen LogP contribution in [0, 0.1) is 5.82 Å². The third-order valence-corrected chi connectivity index (χ3v) is 5.82. The monoisotopic (exact) mass is 367 g/mol. The fourth-order valence-corrected chi connectivity index (χ4v) is 4.01. The third-order valence-electron chi connectivity index (χ3n) is 2.88. The summed E-state index contributed by atoms with van der Waals surface area (Å²) in [5, 5.41) is 2.88. The van der Waals surface area contributed by atoms with E-state index in [1.807, 2.05) is 0 Å². The molecule has 0 fully saturated rings. The highest BCUT2D eigenvalue weighted by atomic mass is 32.2. The summed E-state index contributed by atoms with van der Waals surface area (Å²) in [6.07, 6.45) is 0.979. The summed E-state index contributed by atoms with van der Waals surface area (Å²) in [4.78, 5) is -0.252. The molecule has 0 saturated carbocycles. The minimum Gasteiger partial charge on any atom is -0.320 e. The highest BCUT2D eigenvalue weighted by molar-refractivity contribution is 7.92. The van der Waals surface area contributed by atoms with Crippen molar-refractivity contribution in [1.82, 2.24) is 10.0 Å². The van der Waals surface area contributed by atoms with Gasteiger partial charge in [0, 0.05) is 6.54 Å². The van der Waals surface area contributed by atoms with Gasteiger partial charge in [-0.1, -0.05) is 6.92 Å². The Balaban J connectivity index is 2.87. The summed E-state index contributed by atoms with van der Waals surface area (Å²) in [5.74, 6) is -1.08. The molecule has 10 heteroatoms. The predicted molar refractivity (Wildman–Crippen MR) is 87.8 cm³/mol. The standard InChI is InChI=1S/C13H22FN3O4S2/c1-3-9-22(18,19)17-13-6-5-11(10-12(13)14)23(20,21)16-8-4-7-15-2/h5-6,10,15-17H,3-4,7-9H2,1-2H3. The topological polar surface area (TPSA) is 104 Å². The Labute approximate surface area is 136 Å². The van der Waals surface area contributed by atoms with Gasteiger partial charge in [-0.15, -0.1) is 0 Å². The van der Waals surface area contributed by atoms with Gasteiger partial charge < -0.3 is 5.32 Å². The first-order valence-corrected chi connectivity index (χ1v) is 10.3. The normalized spacial score (nSPS) is 12.3. The maximum atomic E-state index is 14.0. The molecule has 0 saturated heterocycles. The van der Waals surface area contributed by atoms with Crippen LogP contribution >= 0.6 is 0 Å². The predicted octanol–water partition coefficient (Wildman–Crippen LogP) is 0.865. The highest BCUT2D eigenvalue weighted by Gasteiger charge is 2.18. The number of hydrogen-bond acceptors (Lipinski definition) is 5. The minimum absolute atomic E-state index is 0.139. The number of halogens is 1. The van der Waals surface area contributed by atoms with Crippen LogP contribution in [-0.2, 0) is 20.0 Å². The van der Waals surface area contributed by atoms with Crippen LogP contribution in [0.1, 0.15) is 19.8 Å². The summed E-state index contributed by atoms with van der Waals surface area (Å²) in [6, 6.07) is 3.06. The second-order valence-electron chi connectivity index (χ2n) is 4.92. The average molecular weight is 367 g/mol. The van der Waals surface area contributed by atoms with Crippen LogP contribution in [0.5, 0.6) is 0 Å². The van der Waals surface area contributed by atoms with Crippen molar-refractivity contribution >= 4 is 25.7 Å². The van der Waals surface area contributed by atoms with Gasteiger partial charge in [-0.2, -0.15) is 0 Å². The molecule has 0 aliphatic carbocycles. The second kappa shape index (κ2) is 8.57. The lowest BCUT2D eigenvalue weighted by molar-refractivity contribution is 0.574. The summed E-state index contributed by atoms with van der Waals surface area (Å²) < 4.78 is 65.7. The Hall–Kier alpha value is -1.23. The molecule has 132 valence electrons. The summed E-state index contributed by atoms with van der Waals surface area (Å²) in [7, 11) is -5.71. The quantitative estimate of drug-likeness (QED) is 0.532. The molecule has 7 nitrogen and oxygen atoms in total. The van der Waals surface area contributed by atoms with E-state index in [9.17, 15) is 21.2 Å². The molecule has 0 unspecified atom stereocenters. The molecule has 0 aliphatic rings. The number of hydrogen-bond donors (Lipinski definition) is 3. The first kappa shape index (κ1) is 19.8. The molecule has 1 aromatic carbocycles.